The zero-order chi connectivity index (χ0) is 14.9. The van der Waals surface area contributed by atoms with Crippen LogP contribution in [0.25, 0.3) is 0 Å². The Balaban J connectivity index is 2.42. The summed E-state index contributed by atoms with van der Waals surface area (Å²) >= 11 is 9.76. The maximum atomic E-state index is 13.4. The van der Waals surface area contributed by atoms with Crippen molar-refractivity contribution in [1.29, 1.82) is 0 Å². The first-order valence-electron chi connectivity index (χ1n) is 7.06. The van der Waals surface area contributed by atoms with Gasteiger partial charge in [0.15, 0.2) is 0 Å². The molecule has 1 heterocycles. The quantitative estimate of drug-likeness (QED) is 0.844. The summed E-state index contributed by atoms with van der Waals surface area (Å²) in [5.41, 5.74) is 0.962. The van der Waals surface area contributed by atoms with E-state index in [1.54, 1.807) is 0 Å². The molecule has 1 aliphatic rings. The van der Waals surface area contributed by atoms with Crippen molar-refractivity contribution < 1.29 is 4.39 Å². The predicted octanol–water partition coefficient (Wildman–Crippen LogP) is 4.60. The lowest BCUT2D eigenvalue weighted by Crippen LogP contribution is -2.63. The molecule has 1 fully saturated rings. The van der Waals surface area contributed by atoms with Gasteiger partial charge in [0.2, 0.25) is 0 Å². The van der Waals surface area contributed by atoms with Crippen LogP contribution in [0.4, 0.5) is 10.1 Å². The van der Waals surface area contributed by atoms with Gasteiger partial charge < -0.3 is 10.2 Å². The van der Waals surface area contributed by atoms with E-state index in [1.807, 2.05) is 0 Å². The van der Waals surface area contributed by atoms with E-state index in [2.05, 4.69) is 46.9 Å². The standard InChI is InChI=1S/C15H21BrClFN2/c1-4-11-8-19-15(3,5-2)9-20(11)14-12(16)6-10(18)7-13(14)17/h6-7,11,19H,4-5,8-9H2,1-3H3. The van der Waals surface area contributed by atoms with Crippen LogP contribution in [-0.2, 0) is 0 Å². The van der Waals surface area contributed by atoms with Gasteiger partial charge in [-0.3, -0.25) is 0 Å². The Morgan fingerprint density at radius 2 is 2.20 bits per heavy atom. The van der Waals surface area contributed by atoms with Crippen molar-refractivity contribution in [1.82, 2.24) is 5.32 Å². The molecule has 0 aliphatic carbocycles. The lowest BCUT2D eigenvalue weighted by molar-refractivity contribution is 0.276. The first-order valence-corrected chi connectivity index (χ1v) is 8.23. The average molecular weight is 364 g/mol. The molecule has 20 heavy (non-hydrogen) atoms. The highest BCUT2D eigenvalue weighted by molar-refractivity contribution is 9.10. The second kappa shape index (κ2) is 6.20. The van der Waals surface area contributed by atoms with Crippen molar-refractivity contribution in [3.63, 3.8) is 0 Å². The number of nitrogens with one attached hydrogen (secondary N) is 1. The van der Waals surface area contributed by atoms with Crippen LogP contribution in [0.15, 0.2) is 16.6 Å². The molecule has 2 rings (SSSR count). The van der Waals surface area contributed by atoms with Crippen molar-refractivity contribution in [2.75, 3.05) is 18.0 Å². The highest BCUT2D eigenvalue weighted by Gasteiger charge is 2.35. The molecule has 0 radical (unpaired) electrons. The van der Waals surface area contributed by atoms with Gasteiger partial charge in [-0.1, -0.05) is 25.4 Å². The van der Waals surface area contributed by atoms with Gasteiger partial charge in [0.25, 0.3) is 0 Å². The third-order valence-electron chi connectivity index (χ3n) is 4.25. The minimum absolute atomic E-state index is 0.0584. The minimum atomic E-state index is -0.313. The molecule has 112 valence electrons. The number of hydrogen-bond acceptors (Lipinski definition) is 2. The van der Waals surface area contributed by atoms with E-state index < -0.39 is 0 Å². The summed E-state index contributed by atoms with van der Waals surface area (Å²) in [4.78, 5) is 2.31. The highest BCUT2D eigenvalue weighted by atomic mass is 79.9. The molecule has 1 N–H and O–H groups in total. The fourth-order valence-corrected chi connectivity index (χ4v) is 3.80. The Morgan fingerprint density at radius 3 is 2.75 bits per heavy atom. The number of benzene rings is 1. The molecule has 0 spiro atoms. The van der Waals surface area contributed by atoms with E-state index in [1.165, 1.54) is 12.1 Å². The van der Waals surface area contributed by atoms with Crippen LogP contribution in [-0.4, -0.2) is 24.7 Å². The van der Waals surface area contributed by atoms with Gasteiger partial charge in [0, 0.05) is 29.1 Å². The van der Waals surface area contributed by atoms with Gasteiger partial charge in [0.1, 0.15) is 5.82 Å². The molecule has 0 amide bonds. The van der Waals surface area contributed by atoms with E-state index >= 15 is 0 Å². The zero-order valence-electron chi connectivity index (χ0n) is 12.1. The van der Waals surface area contributed by atoms with E-state index in [-0.39, 0.29) is 11.4 Å². The van der Waals surface area contributed by atoms with Gasteiger partial charge in [-0.15, -0.1) is 0 Å². The van der Waals surface area contributed by atoms with Crippen molar-refractivity contribution in [2.45, 2.75) is 45.2 Å². The molecule has 1 aromatic carbocycles. The Hall–Kier alpha value is -0.320. The highest BCUT2D eigenvalue weighted by Crippen LogP contribution is 2.38. The third kappa shape index (κ3) is 3.12. The van der Waals surface area contributed by atoms with Crippen LogP contribution in [0.1, 0.15) is 33.6 Å². The second-order valence-electron chi connectivity index (χ2n) is 5.70. The van der Waals surface area contributed by atoms with Crippen molar-refractivity contribution in [2.24, 2.45) is 0 Å². The summed E-state index contributed by atoms with van der Waals surface area (Å²) in [6.45, 7) is 8.35. The van der Waals surface area contributed by atoms with Gasteiger partial charge in [-0.25, -0.2) is 4.39 Å². The first kappa shape index (κ1) is 16.1. The summed E-state index contributed by atoms with van der Waals surface area (Å²) in [6, 6.07) is 3.24. The third-order valence-corrected chi connectivity index (χ3v) is 5.14. The summed E-state index contributed by atoms with van der Waals surface area (Å²) in [7, 11) is 0. The van der Waals surface area contributed by atoms with Crippen LogP contribution in [0, 0.1) is 5.82 Å². The molecule has 0 aromatic heterocycles. The summed E-state index contributed by atoms with van der Waals surface area (Å²) in [6.07, 6.45) is 2.06. The fraction of sp³-hybridized carbons (Fsp3) is 0.600. The maximum Gasteiger partial charge on any atom is 0.125 e. The smallest absolute Gasteiger partial charge is 0.125 e. The molecular weight excluding hydrogens is 343 g/mol. The SMILES string of the molecule is CCC1CNC(C)(CC)CN1c1c(Cl)cc(F)cc1Br. The van der Waals surface area contributed by atoms with E-state index in [0.717, 1.165) is 36.1 Å². The van der Waals surface area contributed by atoms with Gasteiger partial charge in [-0.05, 0) is 47.8 Å². The number of rotatable bonds is 3. The van der Waals surface area contributed by atoms with E-state index in [4.69, 9.17) is 11.6 Å². The van der Waals surface area contributed by atoms with Crippen molar-refractivity contribution >= 4 is 33.2 Å². The number of anilines is 1. The Morgan fingerprint density at radius 1 is 1.50 bits per heavy atom. The molecule has 2 nitrogen and oxygen atoms in total. The average Bonchev–Trinajstić information content (AvgIpc) is 2.38. The monoisotopic (exact) mass is 362 g/mol. The summed E-state index contributed by atoms with van der Waals surface area (Å²) in [5.74, 6) is -0.313. The van der Waals surface area contributed by atoms with Crippen LogP contribution in [0.3, 0.4) is 0 Å². The number of hydrogen-bond donors (Lipinski definition) is 1. The number of piperazine rings is 1. The van der Waals surface area contributed by atoms with Crippen molar-refractivity contribution in [3.8, 4) is 0 Å². The van der Waals surface area contributed by atoms with Gasteiger partial charge in [0.05, 0.1) is 10.7 Å². The number of halogens is 3. The second-order valence-corrected chi connectivity index (χ2v) is 6.96. The number of nitrogens with zero attached hydrogens (tertiary/aromatic N) is 1. The van der Waals surface area contributed by atoms with Crippen LogP contribution in [0.5, 0.6) is 0 Å². The lowest BCUT2D eigenvalue weighted by atomic mass is 9.92. The topological polar surface area (TPSA) is 15.3 Å². The molecule has 1 aromatic rings. The Bertz CT molecular complexity index is 474. The maximum absolute atomic E-state index is 13.4. The largest absolute Gasteiger partial charge is 0.363 e. The summed E-state index contributed by atoms with van der Waals surface area (Å²) in [5, 5.41) is 4.09. The van der Waals surface area contributed by atoms with Gasteiger partial charge >= 0.3 is 0 Å². The van der Waals surface area contributed by atoms with Gasteiger partial charge in [-0.2, -0.15) is 0 Å². The lowest BCUT2D eigenvalue weighted by Gasteiger charge is -2.47. The van der Waals surface area contributed by atoms with Crippen LogP contribution in [0.2, 0.25) is 5.02 Å². The molecule has 5 heteroatoms. The normalized spacial score (nSPS) is 26.9. The molecule has 2 unspecified atom stereocenters. The molecule has 0 saturated carbocycles. The first-order chi connectivity index (χ1) is 9.40. The van der Waals surface area contributed by atoms with E-state index in [9.17, 15) is 4.39 Å². The minimum Gasteiger partial charge on any atom is -0.363 e. The molecule has 1 saturated heterocycles. The van der Waals surface area contributed by atoms with Crippen molar-refractivity contribution in [3.05, 3.63) is 27.4 Å². The van der Waals surface area contributed by atoms with Crippen LogP contribution < -0.4 is 10.2 Å². The Kier molecular flexibility index (Phi) is 4.98. The summed E-state index contributed by atoms with van der Waals surface area (Å²) < 4.78 is 14.2. The zero-order valence-corrected chi connectivity index (χ0v) is 14.5. The molecule has 1 aliphatic heterocycles. The van der Waals surface area contributed by atoms with E-state index in [0.29, 0.717) is 11.1 Å². The predicted molar refractivity (Wildman–Crippen MR) is 87.2 cm³/mol. The molecule has 0 bridgehead atoms. The Labute approximate surface area is 133 Å². The molecule has 2 atom stereocenters. The fourth-order valence-electron chi connectivity index (χ4n) is 2.71. The van der Waals surface area contributed by atoms with Crippen LogP contribution >= 0.6 is 27.5 Å². The molecular formula is C15H21BrClFN2.